The van der Waals surface area contributed by atoms with E-state index in [-0.39, 0.29) is 5.92 Å². The van der Waals surface area contributed by atoms with Crippen molar-refractivity contribution in [3.8, 4) is 0 Å². The van der Waals surface area contributed by atoms with Crippen LogP contribution in [0.25, 0.3) is 21.7 Å². The summed E-state index contributed by atoms with van der Waals surface area (Å²) in [6.45, 7) is 6.59. The lowest BCUT2D eigenvalue weighted by Crippen LogP contribution is -2.05. The predicted octanol–water partition coefficient (Wildman–Crippen LogP) is 5.04. The van der Waals surface area contributed by atoms with Crippen molar-refractivity contribution in [3.63, 3.8) is 0 Å². The van der Waals surface area contributed by atoms with Crippen LogP contribution in [0.5, 0.6) is 0 Å². The number of aromatic nitrogens is 4. The van der Waals surface area contributed by atoms with E-state index in [9.17, 15) is 0 Å². The summed E-state index contributed by atoms with van der Waals surface area (Å²) in [7, 11) is 0. The Morgan fingerprint density at radius 3 is 2.42 bits per heavy atom. The second kappa shape index (κ2) is 6.79. The Morgan fingerprint density at radius 2 is 1.58 bits per heavy atom. The average Bonchev–Trinajstić information content (AvgIpc) is 2.67. The van der Waals surface area contributed by atoms with Crippen LogP contribution in [0.1, 0.15) is 49.4 Å². The van der Waals surface area contributed by atoms with Gasteiger partial charge < -0.3 is 0 Å². The molecular formula is C22H22N4. The lowest BCUT2D eigenvalue weighted by molar-refractivity contribution is 0.721. The molecule has 0 aliphatic heterocycles. The van der Waals surface area contributed by atoms with Crippen LogP contribution in [0.2, 0.25) is 0 Å². The van der Waals surface area contributed by atoms with Crippen molar-refractivity contribution < 1.29 is 0 Å². The largest absolute Gasteiger partial charge is 0.158 e. The van der Waals surface area contributed by atoms with Crippen LogP contribution < -0.4 is 0 Å². The van der Waals surface area contributed by atoms with Crippen LogP contribution in [-0.4, -0.2) is 20.4 Å². The molecular weight excluding hydrogens is 320 g/mol. The molecule has 2 aromatic heterocycles. The van der Waals surface area contributed by atoms with Crippen molar-refractivity contribution in [3.05, 3.63) is 71.7 Å². The SMILES string of the molecule is CC(C)c1cnnc2c(CC(C)c3nncc4ccccc34)cccc12. The number of benzene rings is 2. The molecule has 2 aromatic carbocycles. The van der Waals surface area contributed by atoms with E-state index >= 15 is 0 Å². The highest BCUT2D eigenvalue weighted by Gasteiger charge is 2.16. The summed E-state index contributed by atoms with van der Waals surface area (Å²) in [5.41, 5.74) is 4.49. The van der Waals surface area contributed by atoms with Crippen LogP contribution >= 0.6 is 0 Å². The first-order valence-electron chi connectivity index (χ1n) is 9.08. The van der Waals surface area contributed by atoms with Crippen LogP contribution in [0.15, 0.2) is 54.9 Å². The molecule has 2 heterocycles. The Kier molecular flexibility index (Phi) is 4.33. The van der Waals surface area contributed by atoms with Crippen molar-refractivity contribution in [2.24, 2.45) is 0 Å². The summed E-state index contributed by atoms with van der Waals surface area (Å²) >= 11 is 0. The molecule has 0 radical (unpaired) electrons. The fourth-order valence-corrected chi connectivity index (χ4v) is 3.63. The van der Waals surface area contributed by atoms with Gasteiger partial charge in [0, 0.05) is 22.1 Å². The van der Waals surface area contributed by atoms with Crippen LogP contribution in [0, 0.1) is 0 Å². The van der Waals surface area contributed by atoms with Gasteiger partial charge >= 0.3 is 0 Å². The molecule has 0 saturated carbocycles. The number of nitrogens with zero attached hydrogens (tertiary/aromatic N) is 4. The van der Waals surface area contributed by atoms with Crippen molar-refractivity contribution in [1.82, 2.24) is 20.4 Å². The van der Waals surface area contributed by atoms with Crippen molar-refractivity contribution >= 4 is 21.7 Å². The average molecular weight is 342 g/mol. The normalized spacial score (nSPS) is 12.8. The molecule has 4 heteroatoms. The number of fused-ring (bicyclic) bond motifs is 2. The first kappa shape index (κ1) is 16.6. The molecule has 26 heavy (non-hydrogen) atoms. The zero-order valence-electron chi connectivity index (χ0n) is 15.3. The first-order chi connectivity index (χ1) is 12.6. The monoisotopic (exact) mass is 342 g/mol. The quantitative estimate of drug-likeness (QED) is 0.521. The predicted molar refractivity (Wildman–Crippen MR) is 105 cm³/mol. The lowest BCUT2D eigenvalue weighted by atomic mass is 9.92. The second-order valence-corrected chi connectivity index (χ2v) is 7.19. The van der Waals surface area contributed by atoms with Gasteiger partial charge in [-0.25, -0.2) is 0 Å². The molecule has 1 atom stereocenters. The Balaban J connectivity index is 1.76. The molecule has 0 aliphatic carbocycles. The van der Waals surface area contributed by atoms with Crippen molar-refractivity contribution in [2.45, 2.75) is 39.0 Å². The lowest BCUT2D eigenvalue weighted by Gasteiger charge is -2.15. The topological polar surface area (TPSA) is 51.6 Å². The summed E-state index contributed by atoms with van der Waals surface area (Å²) < 4.78 is 0. The Labute approximate surface area is 153 Å². The summed E-state index contributed by atoms with van der Waals surface area (Å²) in [6.07, 6.45) is 4.57. The second-order valence-electron chi connectivity index (χ2n) is 7.19. The number of hydrogen-bond donors (Lipinski definition) is 0. The van der Waals surface area contributed by atoms with E-state index in [0.29, 0.717) is 5.92 Å². The van der Waals surface area contributed by atoms with Gasteiger partial charge in [-0.1, -0.05) is 63.2 Å². The standard InChI is InChI=1S/C22H22N4/c1-14(2)20-13-24-26-22-16(8-6-10-19(20)22)11-15(3)21-18-9-5-4-7-17(18)12-23-25-21/h4-10,12-15H,11H2,1-3H3. The smallest absolute Gasteiger partial charge is 0.0964 e. The maximum Gasteiger partial charge on any atom is 0.0964 e. The molecule has 4 aromatic rings. The van der Waals surface area contributed by atoms with Crippen LogP contribution in [0.3, 0.4) is 0 Å². The number of hydrogen-bond acceptors (Lipinski definition) is 4. The molecule has 1 unspecified atom stereocenters. The molecule has 0 fully saturated rings. The highest BCUT2D eigenvalue weighted by Crippen LogP contribution is 2.30. The van der Waals surface area contributed by atoms with Gasteiger partial charge in [-0.2, -0.15) is 20.4 Å². The summed E-state index contributed by atoms with van der Waals surface area (Å²) in [4.78, 5) is 0. The molecule has 130 valence electrons. The maximum atomic E-state index is 4.45. The highest BCUT2D eigenvalue weighted by molar-refractivity contribution is 5.86. The van der Waals surface area contributed by atoms with Gasteiger partial charge in [0.25, 0.3) is 0 Å². The molecule has 0 bridgehead atoms. The highest BCUT2D eigenvalue weighted by atomic mass is 15.1. The van der Waals surface area contributed by atoms with Crippen molar-refractivity contribution in [1.29, 1.82) is 0 Å². The minimum Gasteiger partial charge on any atom is -0.158 e. The minimum atomic E-state index is 0.240. The van der Waals surface area contributed by atoms with Gasteiger partial charge in [-0.3, -0.25) is 0 Å². The molecule has 0 N–H and O–H groups in total. The van der Waals surface area contributed by atoms with Crippen molar-refractivity contribution in [2.75, 3.05) is 0 Å². The minimum absolute atomic E-state index is 0.240. The van der Waals surface area contributed by atoms with Crippen LogP contribution in [-0.2, 0) is 6.42 Å². The third-order valence-corrected chi connectivity index (χ3v) is 5.00. The summed E-state index contributed by atoms with van der Waals surface area (Å²) in [6, 6.07) is 14.7. The van der Waals surface area contributed by atoms with Gasteiger partial charge in [0.1, 0.15) is 0 Å². The Morgan fingerprint density at radius 1 is 0.808 bits per heavy atom. The van der Waals surface area contributed by atoms with E-state index in [1.54, 1.807) is 0 Å². The zero-order chi connectivity index (χ0) is 18.1. The van der Waals surface area contributed by atoms with E-state index < -0.39 is 0 Å². The van der Waals surface area contributed by atoms with Gasteiger partial charge in [-0.15, -0.1) is 0 Å². The van der Waals surface area contributed by atoms with Gasteiger partial charge in [0.2, 0.25) is 0 Å². The van der Waals surface area contributed by atoms with E-state index in [1.165, 1.54) is 21.9 Å². The van der Waals surface area contributed by atoms with E-state index in [4.69, 9.17) is 0 Å². The van der Waals surface area contributed by atoms with Crippen LogP contribution in [0.4, 0.5) is 0 Å². The molecule has 4 nitrogen and oxygen atoms in total. The Bertz CT molecular complexity index is 1070. The van der Waals surface area contributed by atoms with Gasteiger partial charge in [0.15, 0.2) is 0 Å². The third-order valence-electron chi connectivity index (χ3n) is 5.00. The van der Waals surface area contributed by atoms with E-state index in [2.05, 4.69) is 77.6 Å². The fourth-order valence-electron chi connectivity index (χ4n) is 3.63. The summed E-state index contributed by atoms with van der Waals surface area (Å²) in [5, 5.41) is 20.8. The first-order valence-corrected chi connectivity index (χ1v) is 9.08. The molecule has 4 rings (SSSR count). The number of rotatable bonds is 4. The van der Waals surface area contributed by atoms with Gasteiger partial charge in [-0.05, 0) is 23.5 Å². The molecule has 0 amide bonds. The fraction of sp³-hybridized carbons (Fsp3) is 0.273. The van der Waals surface area contributed by atoms with E-state index in [1.807, 2.05) is 18.5 Å². The van der Waals surface area contributed by atoms with Gasteiger partial charge in [0.05, 0.1) is 23.6 Å². The Hall–Kier alpha value is -2.88. The molecule has 0 saturated heterocycles. The molecule has 0 aliphatic rings. The molecule has 0 spiro atoms. The summed E-state index contributed by atoms with van der Waals surface area (Å²) in [5.74, 6) is 0.660. The maximum absolute atomic E-state index is 4.45. The third kappa shape index (κ3) is 2.92. The zero-order valence-corrected chi connectivity index (χ0v) is 15.3. The van der Waals surface area contributed by atoms with E-state index in [0.717, 1.165) is 23.0 Å².